The first-order chi connectivity index (χ1) is 9.40. The Morgan fingerprint density at radius 2 is 1.53 bits per heavy atom. The molecule has 3 heteroatoms. The first-order valence-electron chi connectivity index (χ1n) is 8.11. The SMILES string of the molecule is C1=C[C@H]2C[C@H]1[C@@H]1CN(CCCN3CCOCC3)C[C@H]12. The quantitative estimate of drug-likeness (QED) is 0.714. The molecular formula is C16H26N2O. The van der Waals surface area contributed by atoms with Crippen molar-refractivity contribution in [3.8, 4) is 0 Å². The minimum Gasteiger partial charge on any atom is -0.379 e. The van der Waals surface area contributed by atoms with Crippen LogP contribution in [0.2, 0.25) is 0 Å². The predicted octanol–water partition coefficient (Wildman–Crippen LogP) is 1.46. The van der Waals surface area contributed by atoms with E-state index >= 15 is 0 Å². The molecular weight excluding hydrogens is 236 g/mol. The van der Waals surface area contributed by atoms with E-state index in [0.29, 0.717) is 0 Å². The minimum atomic E-state index is 0.930. The maximum atomic E-state index is 5.40. The normalized spacial score (nSPS) is 42.1. The highest BCUT2D eigenvalue weighted by atomic mass is 16.5. The van der Waals surface area contributed by atoms with Gasteiger partial charge in [-0.3, -0.25) is 4.90 Å². The molecule has 0 unspecified atom stereocenters. The summed E-state index contributed by atoms with van der Waals surface area (Å²) in [5, 5.41) is 0. The zero-order valence-corrected chi connectivity index (χ0v) is 11.8. The minimum absolute atomic E-state index is 0.930. The molecule has 0 aromatic carbocycles. The van der Waals surface area contributed by atoms with Gasteiger partial charge in [0, 0.05) is 26.2 Å². The molecule has 0 spiro atoms. The van der Waals surface area contributed by atoms with Gasteiger partial charge in [-0.25, -0.2) is 0 Å². The largest absolute Gasteiger partial charge is 0.379 e. The van der Waals surface area contributed by atoms with Crippen molar-refractivity contribution < 1.29 is 4.74 Å². The molecule has 0 N–H and O–H groups in total. The number of allylic oxidation sites excluding steroid dienone is 2. The summed E-state index contributed by atoms with van der Waals surface area (Å²) in [6, 6.07) is 0. The highest BCUT2D eigenvalue weighted by molar-refractivity contribution is 5.16. The smallest absolute Gasteiger partial charge is 0.0594 e. The zero-order chi connectivity index (χ0) is 12.7. The number of fused-ring (bicyclic) bond motifs is 5. The van der Waals surface area contributed by atoms with Crippen LogP contribution in [0.5, 0.6) is 0 Å². The van der Waals surface area contributed by atoms with Gasteiger partial charge in [0.05, 0.1) is 13.2 Å². The van der Waals surface area contributed by atoms with Crippen LogP contribution in [0, 0.1) is 23.7 Å². The van der Waals surface area contributed by atoms with Crippen molar-refractivity contribution >= 4 is 0 Å². The van der Waals surface area contributed by atoms with Crippen LogP contribution in [0.15, 0.2) is 12.2 Å². The maximum absolute atomic E-state index is 5.40. The van der Waals surface area contributed by atoms with Crippen LogP contribution in [0.25, 0.3) is 0 Å². The van der Waals surface area contributed by atoms with Crippen LogP contribution >= 0.6 is 0 Å². The first-order valence-corrected chi connectivity index (χ1v) is 8.11. The Hall–Kier alpha value is -0.380. The Kier molecular flexibility index (Phi) is 3.38. The van der Waals surface area contributed by atoms with Gasteiger partial charge in [-0.2, -0.15) is 0 Å². The van der Waals surface area contributed by atoms with Gasteiger partial charge in [-0.05, 0) is 49.6 Å². The van der Waals surface area contributed by atoms with E-state index in [1.165, 1.54) is 39.0 Å². The number of ether oxygens (including phenoxy) is 1. The van der Waals surface area contributed by atoms with Crippen LogP contribution in [0.4, 0.5) is 0 Å². The van der Waals surface area contributed by atoms with Crippen molar-refractivity contribution in [1.29, 1.82) is 0 Å². The summed E-state index contributed by atoms with van der Waals surface area (Å²) in [7, 11) is 0. The third kappa shape index (κ3) is 2.37. The van der Waals surface area contributed by atoms with E-state index in [9.17, 15) is 0 Å². The molecule has 2 saturated heterocycles. The van der Waals surface area contributed by atoms with Gasteiger partial charge in [-0.1, -0.05) is 12.2 Å². The highest BCUT2D eigenvalue weighted by Gasteiger charge is 2.48. The van der Waals surface area contributed by atoms with Crippen LogP contribution < -0.4 is 0 Å². The first kappa shape index (κ1) is 12.4. The topological polar surface area (TPSA) is 15.7 Å². The summed E-state index contributed by atoms with van der Waals surface area (Å²) in [6.07, 6.45) is 7.81. The molecule has 1 saturated carbocycles. The summed E-state index contributed by atoms with van der Waals surface area (Å²) < 4.78 is 5.40. The van der Waals surface area contributed by atoms with Crippen LogP contribution in [0.3, 0.4) is 0 Å². The van der Waals surface area contributed by atoms with Gasteiger partial charge >= 0.3 is 0 Å². The molecule has 4 atom stereocenters. The molecule has 0 radical (unpaired) electrons. The van der Waals surface area contributed by atoms with E-state index in [1.54, 1.807) is 0 Å². The Morgan fingerprint density at radius 1 is 0.895 bits per heavy atom. The molecule has 0 aromatic rings. The second-order valence-corrected chi connectivity index (χ2v) is 6.84. The standard InChI is InChI=1S/C16H26N2O/c1(4-17-6-8-19-9-7-17)5-18-11-15-13-2-3-14(10-13)16(15)12-18/h2-3,13-16H,1,4-12H2/t13-,14-,15-,16-/m0/s1. The number of likely N-dealkylation sites (tertiary alicyclic amines) is 1. The van der Waals surface area contributed by atoms with Gasteiger partial charge in [0.25, 0.3) is 0 Å². The Bertz CT molecular complexity index is 331. The molecule has 0 amide bonds. The molecule has 2 aliphatic carbocycles. The highest BCUT2D eigenvalue weighted by Crippen LogP contribution is 2.51. The van der Waals surface area contributed by atoms with Crippen LogP contribution in [0.1, 0.15) is 12.8 Å². The van der Waals surface area contributed by atoms with Crippen molar-refractivity contribution in [2.24, 2.45) is 23.7 Å². The summed E-state index contributed by atoms with van der Waals surface area (Å²) >= 11 is 0. The third-order valence-corrected chi connectivity index (χ3v) is 5.79. The second kappa shape index (κ2) is 5.19. The lowest BCUT2D eigenvalue weighted by molar-refractivity contribution is 0.0363. The number of rotatable bonds is 4. The monoisotopic (exact) mass is 262 g/mol. The molecule has 3 nitrogen and oxygen atoms in total. The van der Waals surface area contributed by atoms with Crippen LogP contribution in [-0.4, -0.2) is 62.3 Å². The lowest BCUT2D eigenvalue weighted by atomic mass is 9.86. The van der Waals surface area contributed by atoms with Gasteiger partial charge in [0.1, 0.15) is 0 Å². The molecule has 19 heavy (non-hydrogen) atoms. The summed E-state index contributed by atoms with van der Waals surface area (Å²) in [5.74, 6) is 3.86. The summed E-state index contributed by atoms with van der Waals surface area (Å²) in [5.41, 5.74) is 0. The fourth-order valence-electron chi connectivity index (χ4n) is 4.76. The van der Waals surface area contributed by atoms with Crippen molar-refractivity contribution in [1.82, 2.24) is 9.80 Å². The summed E-state index contributed by atoms with van der Waals surface area (Å²) in [6.45, 7) is 9.47. The molecule has 4 rings (SSSR count). The molecule has 4 aliphatic rings. The van der Waals surface area contributed by atoms with Gasteiger partial charge < -0.3 is 9.64 Å². The van der Waals surface area contributed by atoms with Gasteiger partial charge in [-0.15, -0.1) is 0 Å². The molecule has 3 fully saturated rings. The second-order valence-electron chi connectivity index (χ2n) is 6.84. The molecule has 106 valence electrons. The number of hydrogen-bond donors (Lipinski definition) is 0. The van der Waals surface area contributed by atoms with Crippen LogP contribution in [-0.2, 0) is 4.74 Å². The average Bonchev–Trinajstić information content (AvgIpc) is 3.12. The fourth-order valence-corrected chi connectivity index (χ4v) is 4.76. The Balaban J connectivity index is 1.21. The van der Waals surface area contributed by atoms with Crippen molar-refractivity contribution in [2.75, 3.05) is 52.5 Å². The number of nitrogens with zero attached hydrogens (tertiary/aromatic N) is 2. The Morgan fingerprint density at radius 3 is 2.21 bits per heavy atom. The molecule has 0 aromatic heterocycles. The maximum Gasteiger partial charge on any atom is 0.0594 e. The lowest BCUT2D eigenvalue weighted by Gasteiger charge is -2.27. The molecule has 2 aliphatic heterocycles. The third-order valence-electron chi connectivity index (χ3n) is 5.79. The Labute approximate surface area is 116 Å². The average molecular weight is 262 g/mol. The van der Waals surface area contributed by atoms with Crippen molar-refractivity contribution in [3.05, 3.63) is 12.2 Å². The summed E-state index contributed by atoms with van der Waals surface area (Å²) in [4.78, 5) is 5.30. The van der Waals surface area contributed by atoms with E-state index in [2.05, 4.69) is 22.0 Å². The number of hydrogen-bond acceptors (Lipinski definition) is 3. The van der Waals surface area contributed by atoms with Crippen molar-refractivity contribution in [3.63, 3.8) is 0 Å². The predicted molar refractivity (Wildman–Crippen MR) is 76.0 cm³/mol. The van der Waals surface area contributed by atoms with E-state index in [1.807, 2.05) is 0 Å². The zero-order valence-electron chi connectivity index (χ0n) is 11.8. The van der Waals surface area contributed by atoms with E-state index in [-0.39, 0.29) is 0 Å². The van der Waals surface area contributed by atoms with E-state index in [0.717, 1.165) is 50.0 Å². The van der Waals surface area contributed by atoms with Gasteiger partial charge in [0.2, 0.25) is 0 Å². The van der Waals surface area contributed by atoms with Gasteiger partial charge in [0.15, 0.2) is 0 Å². The molecule has 2 bridgehead atoms. The van der Waals surface area contributed by atoms with E-state index < -0.39 is 0 Å². The number of morpholine rings is 1. The van der Waals surface area contributed by atoms with E-state index in [4.69, 9.17) is 4.74 Å². The lowest BCUT2D eigenvalue weighted by Crippen LogP contribution is -2.38. The fraction of sp³-hybridized carbons (Fsp3) is 0.875. The van der Waals surface area contributed by atoms with Crippen molar-refractivity contribution in [2.45, 2.75) is 12.8 Å². The molecule has 2 heterocycles.